The van der Waals surface area contributed by atoms with Crippen LogP contribution in [-0.4, -0.2) is 26.2 Å². The second-order valence-electron chi connectivity index (χ2n) is 15.8. The lowest BCUT2D eigenvalue weighted by molar-refractivity contribution is 0.0592. The van der Waals surface area contributed by atoms with Crippen LogP contribution in [0.5, 0.6) is 11.5 Å². The third-order valence-electron chi connectivity index (χ3n) is 11.9. The molecule has 0 amide bonds. The van der Waals surface area contributed by atoms with Crippen molar-refractivity contribution in [1.29, 1.82) is 0 Å². The van der Waals surface area contributed by atoms with E-state index in [4.69, 9.17) is 18.9 Å². The minimum absolute atomic E-state index is 0.309. The van der Waals surface area contributed by atoms with Gasteiger partial charge in [0, 0.05) is 11.1 Å². The van der Waals surface area contributed by atoms with Crippen molar-refractivity contribution in [3.05, 3.63) is 216 Å². The minimum atomic E-state index is -0.366. The Morgan fingerprint density at radius 1 is 0.359 bits per heavy atom. The highest BCUT2D eigenvalue weighted by molar-refractivity contribution is 6.11. The number of hydrogen-bond donors (Lipinski definition) is 0. The van der Waals surface area contributed by atoms with Gasteiger partial charge in [-0.05, 0) is 137 Å². The molecule has 0 fully saturated rings. The molecule has 10 aromatic rings. The summed E-state index contributed by atoms with van der Waals surface area (Å²) in [7, 11) is 2.78. The third kappa shape index (κ3) is 7.89. The molecule has 0 saturated carbocycles. The number of hydrogen-bond acceptors (Lipinski definition) is 6. The van der Waals surface area contributed by atoms with Gasteiger partial charge in [0.2, 0.25) is 0 Å². The molecule has 10 rings (SSSR count). The number of benzene rings is 10. The molecular weight excluding hydrogens is 793 g/mol. The van der Waals surface area contributed by atoms with Crippen LogP contribution in [0.25, 0.3) is 76.5 Å². The van der Waals surface area contributed by atoms with Crippen molar-refractivity contribution in [3.63, 3.8) is 0 Å². The summed E-state index contributed by atoms with van der Waals surface area (Å²) in [5.41, 5.74) is 9.38. The summed E-state index contributed by atoms with van der Waals surface area (Å²) in [4.78, 5) is 24.5. The molecule has 6 nitrogen and oxygen atoms in total. The van der Waals surface area contributed by atoms with E-state index >= 15 is 0 Å². The van der Waals surface area contributed by atoms with E-state index in [1.54, 1.807) is 12.1 Å². The molecule has 0 atom stereocenters. The first kappa shape index (κ1) is 39.9. The molecule has 0 saturated heterocycles. The van der Waals surface area contributed by atoms with Crippen molar-refractivity contribution in [2.75, 3.05) is 14.2 Å². The Kier molecular flexibility index (Phi) is 10.8. The Bertz CT molecular complexity index is 3170. The maximum Gasteiger partial charge on any atom is 0.337 e. The highest BCUT2D eigenvalue weighted by Gasteiger charge is 2.21. The van der Waals surface area contributed by atoms with Crippen LogP contribution in [0.2, 0.25) is 0 Å². The topological polar surface area (TPSA) is 71.1 Å². The molecule has 0 aliphatic carbocycles. The van der Waals surface area contributed by atoms with Crippen LogP contribution in [-0.2, 0) is 22.7 Å². The van der Waals surface area contributed by atoms with Gasteiger partial charge in [-0.25, -0.2) is 9.59 Å². The van der Waals surface area contributed by atoms with Crippen molar-refractivity contribution >= 4 is 55.0 Å². The van der Waals surface area contributed by atoms with Crippen molar-refractivity contribution in [3.8, 4) is 44.9 Å². The van der Waals surface area contributed by atoms with Crippen LogP contribution in [0.1, 0.15) is 31.8 Å². The highest BCUT2D eigenvalue weighted by Crippen LogP contribution is 2.47. The Labute approximate surface area is 370 Å². The summed E-state index contributed by atoms with van der Waals surface area (Å²) < 4.78 is 23.7. The zero-order valence-electron chi connectivity index (χ0n) is 35.3. The molecule has 0 unspecified atom stereocenters. The molecule has 0 radical (unpaired) electrons. The van der Waals surface area contributed by atoms with Crippen LogP contribution in [0.3, 0.4) is 0 Å². The average Bonchev–Trinajstić information content (AvgIpc) is 3.36. The lowest BCUT2D eigenvalue weighted by atomic mass is 9.90. The molecular formula is C58H42O6. The molecule has 310 valence electrons. The Hall–Kier alpha value is -8.22. The van der Waals surface area contributed by atoms with Crippen molar-refractivity contribution < 1.29 is 28.5 Å². The first-order valence-corrected chi connectivity index (χ1v) is 21.1. The Morgan fingerprint density at radius 3 is 1.17 bits per heavy atom. The Morgan fingerprint density at radius 2 is 0.750 bits per heavy atom. The first-order chi connectivity index (χ1) is 31.4. The molecule has 6 heteroatoms. The van der Waals surface area contributed by atoms with E-state index < -0.39 is 0 Å². The maximum absolute atomic E-state index is 12.2. The number of carbonyl (C=O) groups excluding carboxylic acids is 2. The Balaban J connectivity index is 1.10. The third-order valence-corrected chi connectivity index (χ3v) is 11.9. The number of methoxy groups -OCH3 is 2. The van der Waals surface area contributed by atoms with Crippen molar-refractivity contribution in [2.24, 2.45) is 0 Å². The quantitative estimate of drug-likeness (QED) is 0.121. The fourth-order valence-electron chi connectivity index (χ4n) is 8.58. The fraction of sp³-hybridized carbons (Fsp3) is 0.0690. The molecule has 0 spiro atoms. The molecule has 0 N–H and O–H groups in total. The van der Waals surface area contributed by atoms with Gasteiger partial charge in [0.25, 0.3) is 0 Å². The number of carbonyl (C=O) groups is 2. The predicted octanol–water partition coefficient (Wildman–Crippen LogP) is 14.0. The second kappa shape index (κ2) is 17.3. The van der Waals surface area contributed by atoms with Crippen LogP contribution in [0.15, 0.2) is 194 Å². The lowest BCUT2D eigenvalue weighted by Gasteiger charge is -2.21. The number of esters is 2. The van der Waals surface area contributed by atoms with Gasteiger partial charge in [0.1, 0.15) is 24.7 Å². The summed E-state index contributed by atoms with van der Waals surface area (Å²) in [6.45, 7) is 0.617. The SMILES string of the molecule is COC(=O)c1ccc2cc(COc3ccc4cc(-c5ccccc5)ccc4c3-c3c(OCc4ccc5cc(C(=O)OC)ccc5c4)ccc4cc(-c5ccccc5)ccc34)ccc2c1. The second-order valence-corrected chi connectivity index (χ2v) is 15.8. The van der Waals surface area contributed by atoms with Gasteiger partial charge in [-0.3, -0.25) is 0 Å². The number of rotatable bonds is 11. The molecule has 64 heavy (non-hydrogen) atoms. The standard InChI is InChI=1S/C58H42O6/c1-61-57(59)49-19-17-41-29-37(13-15-45(41)33-49)35-63-53-27-23-47-31-43(39-9-5-3-6-10-39)21-25-51(47)55(53)56-52-26-22-44(40-11-7-4-8-12-40)32-48(52)24-28-54(56)64-36-38-14-16-46-34-50(58(60)62-2)20-18-42(46)30-38/h3-34H,35-36H2,1-2H3. The average molecular weight is 835 g/mol. The summed E-state index contributed by atoms with van der Waals surface area (Å²) in [5, 5.41) is 8.08. The minimum Gasteiger partial charge on any atom is -0.488 e. The molecule has 0 aliphatic heterocycles. The molecule has 0 heterocycles. The monoisotopic (exact) mass is 834 g/mol. The predicted molar refractivity (Wildman–Crippen MR) is 257 cm³/mol. The van der Waals surface area contributed by atoms with E-state index in [9.17, 15) is 9.59 Å². The van der Waals surface area contributed by atoms with E-state index in [1.807, 2.05) is 60.7 Å². The molecule has 10 aromatic carbocycles. The summed E-state index contributed by atoms with van der Waals surface area (Å²) in [6.07, 6.45) is 0. The maximum atomic E-state index is 12.2. The normalized spacial score (nSPS) is 11.2. The summed E-state index contributed by atoms with van der Waals surface area (Å²) >= 11 is 0. The molecule has 0 bridgehead atoms. The smallest absolute Gasteiger partial charge is 0.337 e. The first-order valence-electron chi connectivity index (χ1n) is 21.1. The van der Waals surface area contributed by atoms with Crippen molar-refractivity contribution in [1.82, 2.24) is 0 Å². The van der Waals surface area contributed by atoms with E-state index in [0.717, 1.165) is 99.1 Å². The van der Waals surface area contributed by atoms with Crippen LogP contribution in [0, 0.1) is 0 Å². The van der Waals surface area contributed by atoms with E-state index in [-0.39, 0.29) is 11.9 Å². The summed E-state index contributed by atoms with van der Waals surface area (Å²) in [6, 6.07) is 65.9. The van der Waals surface area contributed by atoms with Gasteiger partial charge < -0.3 is 18.9 Å². The van der Waals surface area contributed by atoms with Crippen LogP contribution < -0.4 is 9.47 Å². The number of fused-ring (bicyclic) bond motifs is 4. The number of ether oxygens (including phenoxy) is 4. The van der Waals surface area contributed by atoms with E-state index in [0.29, 0.717) is 24.3 Å². The summed E-state index contributed by atoms with van der Waals surface area (Å²) in [5.74, 6) is 0.709. The van der Waals surface area contributed by atoms with Gasteiger partial charge in [0.15, 0.2) is 0 Å². The van der Waals surface area contributed by atoms with Gasteiger partial charge in [-0.2, -0.15) is 0 Å². The zero-order chi connectivity index (χ0) is 43.6. The lowest BCUT2D eigenvalue weighted by Crippen LogP contribution is -2.02. The van der Waals surface area contributed by atoms with E-state index in [1.165, 1.54) is 14.2 Å². The largest absolute Gasteiger partial charge is 0.488 e. The van der Waals surface area contributed by atoms with Crippen LogP contribution in [0.4, 0.5) is 0 Å². The van der Waals surface area contributed by atoms with Crippen LogP contribution >= 0.6 is 0 Å². The zero-order valence-corrected chi connectivity index (χ0v) is 35.3. The van der Waals surface area contributed by atoms with Gasteiger partial charge in [0.05, 0.1) is 25.3 Å². The fourth-order valence-corrected chi connectivity index (χ4v) is 8.58. The highest BCUT2D eigenvalue weighted by atomic mass is 16.5. The molecule has 0 aliphatic rings. The van der Waals surface area contributed by atoms with Crippen molar-refractivity contribution in [2.45, 2.75) is 13.2 Å². The van der Waals surface area contributed by atoms with Gasteiger partial charge >= 0.3 is 11.9 Å². The van der Waals surface area contributed by atoms with Gasteiger partial charge in [-0.15, -0.1) is 0 Å². The van der Waals surface area contributed by atoms with Gasteiger partial charge in [-0.1, -0.05) is 133 Å². The van der Waals surface area contributed by atoms with E-state index in [2.05, 4.69) is 121 Å². The molecule has 0 aromatic heterocycles.